The molecule has 1 atom stereocenters. The number of aromatic nitrogens is 1. The fraction of sp³-hybridized carbons (Fsp3) is 0.231. The monoisotopic (exact) mass is 445 g/mol. The lowest BCUT2D eigenvalue weighted by Crippen LogP contribution is -2.32. The Morgan fingerprint density at radius 3 is 2.94 bits per heavy atom. The van der Waals surface area contributed by atoms with Gasteiger partial charge >= 0.3 is 0 Å². The first-order valence-corrected chi connectivity index (χ1v) is 11.0. The zero-order chi connectivity index (χ0) is 22.8. The standard InChI is InChI=1S/C26H24FN3O3/c27-20(16-31)15-29-26(32)22-2-1-3-23-21(22)7-10-30(23)25-14-18(6-9-28-25)12-17-4-5-24-19(13-17)8-11-33-24/h1-6,8-9,11,13-14,20,31H,7,10,12,15-16H2,(H,29,32)/t20-/m1/s1. The summed E-state index contributed by atoms with van der Waals surface area (Å²) in [6.45, 7) is -0.116. The molecule has 0 saturated carbocycles. The van der Waals surface area contributed by atoms with E-state index in [0.29, 0.717) is 18.5 Å². The molecule has 0 bridgehead atoms. The van der Waals surface area contributed by atoms with E-state index < -0.39 is 12.8 Å². The maximum absolute atomic E-state index is 13.3. The second-order valence-corrected chi connectivity index (χ2v) is 8.19. The van der Waals surface area contributed by atoms with Crippen LogP contribution in [0.25, 0.3) is 11.0 Å². The van der Waals surface area contributed by atoms with Gasteiger partial charge in [-0.05, 0) is 72.0 Å². The van der Waals surface area contributed by atoms with Gasteiger partial charge in [0.25, 0.3) is 5.91 Å². The van der Waals surface area contributed by atoms with Crippen molar-refractivity contribution in [1.82, 2.24) is 10.3 Å². The van der Waals surface area contributed by atoms with Crippen LogP contribution in [0.4, 0.5) is 15.9 Å². The summed E-state index contributed by atoms with van der Waals surface area (Å²) >= 11 is 0. The van der Waals surface area contributed by atoms with Gasteiger partial charge in [-0.25, -0.2) is 9.37 Å². The number of amides is 1. The first kappa shape index (κ1) is 21.2. The van der Waals surface area contributed by atoms with Crippen molar-refractivity contribution in [1.29, 1.82) is 0 Å². The quantitative estimate of drug-likeness (QED) is 0.446. The van der Waals surface area contributed by atoms with E-state index >= 15 is 0 Å². The van der Waals surface area contributed by atoms with Crippen molar-refractivity contribution >= 4 is 28.4 Å². The number of carbonyl (C=O) groups is 1. The first-order chi connectivity index (χ1) is 16.1. The van der Waals surface area contributed by atoms with E-state index in [0.717, 1.165) is 40.0 Å². The Morgan fingerprint density at radius 2 is 2.06 bits per heavy atom. The summed E-state index contributed by atoms with van der Waals surface area (Å²) in [5.41, 5.74) is 5.60. The average molecular weight is 445 g/mol. The van der Waals surface area contributed by atoms with Gasteiger partial charge in [0.05, 0.1) is 19.4 Å². The molecular formula is C26H24FN3O3. The van der Waals surface area contributed by atoms with Gasteiger partial charge in [-0.3, -0.25) is 4.79 Å². The van der Waals surface area contributed by atoms with Gasteiger partial charge in [0.15, 0.2) is 0 Å². The number of hydrogen-bond donors (Lipinski definition) is 2. The van der Waals surface area contributed by atoms with Crippen LogP contribution in [0.1, 0.15) is 27.0 Å². The van der Waals surface area contributed by atoms with Gasteiger partial charge in [-0.1, -0.05) is 12.1 Å². The van der Waals surface area contributed by atoms with Crippen molar-refractivity contribution in [2.24, 2.45) is 0 Å². The van der Waals surface area contributed by atoms with E-state index in [9.17, 15) is 9.18 Å². The summed E-state index contributed by atoms with van der Waals surface area (Å²) < 4.78 is 18.8. The van der Waals surface area contributed by atoms with Gasteiger partial charge in [-0.15, -0.1) is 0 Å². The number of fused-ring (bicyclic) bond motifs is 2. The molecule has 0 radical (unpaired) electrons. The Morgan fingerprint density at radius 1 is 1.18 bits per heavy atom. The van der Waals surface area contributed by atoms with Gasteiger partial charge in [0.2, 0.25) is 0 Å². The number of carbonyl (C=O) groups excluding carboxylic acids is 1. The third-order valence-corrected chi connectivity index (χ3v) is 5.97. The molecule has 0 fully saturated rings. The molecule has 0 unspecified atom stereocenters. The predicted molar refractivity (Wildman–Crippen MR) is 125 cm³/mol. The minimum Gasteiger partial charge on any atom is -0.464 e. The molecule has 1 aliphatic rings. The summed E-state index contributed by atoms with van der Waals surface area (Å²) in [7, 11) is 0. The molecule has 168 valence electrons. The molecule has 1 aliphatic heterocycles. The highest BCUT2D eigenvalue weighted by Crippen LogP contribution is 2.36. The molecule has 4 aromatic rings. The number of aliphatic hydroxyl groups is 1. The van der Waals surface area contributed by atoms with E-state index in [4.69, 9.17) is 9.52 Å². The lowest BCUT2D eigenvalue weighted by molar-refractivity contribution is 0.0927. The number of benzene rings is 2. The largest absolute Gasteiger partial charge is 0.464 e. The number of rotatable bonds is 7. The minimum atomic E-state index is -1.47. The van der Waals surface area contributed by atoms with Crippen molar-refractivity contribution in [3.05, 3.63) is 89.3 Å². The molecule has 0 saturated heterocycles. The van der Waals surface area contributed by atoms with Crippen LogP contribution in [0.3, 0.4) is 0 Å². The second-order valence-electron chi connectivity index (χ2n) is 8.19. The number of hydrogen-bond acceptors (Lipinski definition) is 5. The third-order valence-electron chi connectivity index (χ3n) is 5.97. The summed E-state index contributed by atoms with van der Waals surface area (Å²) in [5.74, 6) is 0.499. The highest BCUT2D eigenvalue weighted by Gasteiger charge is 2.26. The van der Waals surface area contributed by atoms with E-state index in [1.807, 2.05) is 36.5 Å². The highest BCUT2D eigenvalue weighted by atomic mass is 19.1. The molecule has 2 aromatic heterocycles. The molecular weight excluding hydrogens is 421 g/mol. The number of pyridine rings is 1. The Labute approximate surface area is 190 Å². The fourth-order valence-corrected chi connectivity index (χ4v) is 4.33. The highest BCUT2D eigenvalue weighted by molar-refractivity contribution is 5.98. The second kappa shape index (κ2) is 9.03. The van der Waals surface area contributed by atoms with Crippen molar-refractivity contribution in [3.63, 3.8) is 0 Å². The van der Waals surface area contributed by atoms with Crippen LogP contribution in [0.2, 0.25) is 0 Å². The maximum Gasteiger partial charge on any atom is 0.251 e. The Hall–Kier alpha value is -3.71. The van der Waals surface area contributed by atoms with Crippen LogP contribution in [0.5, 0.6) is 0 Å². The molecule has 2 N–H and O–H groups in total. The van der Waals surface area contributed by atoms with E-state index in [1.165, 1.54) is 5.56 Å². The number of furan rings is 1. The van der Waals surface area contributed by atoms with Crippen LogP contribution >= 0.6 is 0 Å². The number of alkyl halides is 1. The Balaban J connectivity index is 1.37. The first-order valence-electron chi connectivity index (χ1n) is 11.0. The maximum atomic E-state index is 13.3. The zero-order valence-electron chi connectivity index (χ0n) is 18.0. The van der Waals surface area contributed by atoms with Crippen LogP contribution < -0.4 is 10.2 Å². The normalized spacial score (nSPS) is 13.8. The van der Waals surface area contributed by atoms with Crippen molar-refractivity contribution in [2.45, 2.75) is 19.0 Å². The molecule has 5 rings (SSSR count). The van der Waals surface area contributed by atoms with Gasteiger partial charge in [0, 0.05) is 29.4 Å². The summed E-state index contributed by atoms with van der Waals surface area (Å²) in [6.07, 6.45) is 3.51. The number of nitrogens with one attached hydrogen (secondary N) is 1. The van der Waals surface area contributed by atoms with Gasteiger partial charge in [-0.2, -0.15) is 0 Å². The van der Waals surface area contributed by atoms with Gasteiger partial charge in [0.1, 0.15) is 17.6 Å². The SMILES string of the molecule is O=C(NC[C@@H](F)CO)c1cccc2c1CCN2c1cc(Cc2ccc3occc3c2)ccn1. The van der Waals surface area contributed by atoms with Crippen LogP contribution in [-0.2, 0) is 12.8 Å². The molecule has 33 heavy (non-hydrogen) atoms. The van der Waals surface area contributed by atoms with Crippen molar-refractivity contribution in [3.8, 4) is 0 Å². The third kappa shape index (κ3) is 4.32. The van der Waals surface area contributed by atoms with Crippen LogP contribution in [-0.4, -0.2) is 41.9 Å². The molecule has 0 aliphatic carbocycles. The molecule has 7 heteroatoms. The number of aliphatic hydroxyl groups excluding tert-OH is 1. The average Bonchev–Trinajstić information content (AvgIpc) is 3.49. The van der Waals surface area contributed by atoms with Crippen molar-refractivity contribution in [2.75, 3.05) is 24.6 Å². The molecule has 1 amide bonds. The van der Waals surface area contributed by atoms with Crippen LogP contribution in [0.15, 0.2) is 71.5 Å². The molecule has 3 heterocycles. The Bertz CT molecular complexity index is 1300. The predicted octanol–water partition coefficient (Wildman–Crippen LogP) is 4.17. The summed E-state index contributed by atoms with van der Waals surface area (Å²) in [5, 5.41) is 12.5. The number of halogens is 1. The number of anilines is 2. The minimum absolute atomic E-state index is 0.211. The van der Waals surface area contributed by atoms with Gasteiger partial charge < -0.3 is 19.7 Å². The lowest BCUT2D eigenvalue weighted by atomic mass is 10.0. The fourth-order valence-electron chi connectivity index (χ4n) is 4.33. The topological polar surface area (TPSA) is 78.6 Å². The van der Waals surface area contributed by atoms with Crippen LogP contribution in [0, 0.1) is 0 Å². The number of nitrogens with zero attached hydrogens (tertiary/aromatic N) is 2. The Kier molecular flexibility index (Phi) is 5.79. The molecule has 2 aromatic carbocycles. The van der Waals surface area contributed by atoms with Crippen molar-refractivity contribution < 1.29 is 18.7 Å². The lowest BCUT2D eigenvalue weighted by Gasteiger charge is -2.19. The summed E-state index contributed by atoms with van der Waals surface area (Å²) in [6, 6.07) is 17.8. The van der Waals surface area contributed by atoms with E-state index in [-0.39, 0.29) is 12.5 Å². The summed E-state index contributed by atoms with van der Waals surface area (Å²) in [4.78, 5) is 19.3. The van der Waals surface area contributed by atoms with E-state index in [1.54, 1.807) is 12.3 Å². The smallest absolute Gasteiger partial charge is 0.251 e. The zero-order valence-corrected chi connectivity index (χ0v) is 18.0. The molecule has 0 spiro atoms. The molecule has 6 nitrogen and oxygen atoms in total. The van der Waals surface area contributed by atoms with E-state index in [2.05, 4.69) is 33.4 Å².